The molecule has 1 N–H and O–H groups in total. The average Bonchev–Trinajstić information content (AvgIpc) is 2.96. The van der Waals surface area contributed by atoms with Gasteiger partial charge in [-0.1, -0.05) is 6.92 Å². The SMILES string of the molecule is COc1ccc(COc2ccc(Nc3ccc4ncc(N5CCC(C)CC5)nc4c3C#N)cc2OC)cn1. The Morgan fingerprint density at radius 1 is 1.00 bits per heavy atom. The van der Waals surface area contributed by atoms with Crippen LogP contribution in [0.2, 0.25) is 0 Å². The van der Waals surface area contributed by atoms with Crippen molar-refractivity contribution in [2.24, 2.45) is 5.92 Å². The predicted molar refractivity (Wildman–Crippen MR) is 146 cm³/mol. The molecule has 0 aliphatic carbocycles. The first-order chi connectivity index (χ1) is 18.6. The first-order valence-corrected chi connectivity index (χ1v) is 12.6. The smallest absolute Gasteiger partial charge is 0.212 e. The number of anilines is 3. The molecule has 2 aromatic heterocycles. The van der Waals surface area contributed by atoms with Crippen molar-refractivity contribution >= 4 is 28.2 Å². The van der Waals surface area contributed by atoms with E-state index in [-0.39, 0.29) is 0 Å². The Labute approximate surface area is 222 Å². The van der Waals surface area contributed by atoms with Gasteiger partial charge in [-0.3, -0.25) is 4.98 Å². The summed E-state index contributed by atoms with van der Waals surface area (Å²) in [7, 11) is 3.17. The summed E-state index contributed by atoms with van der Waals surface area (Å²) in [5, 5.41) is 13.4. The lowest BCUT2D eigenvalue weighted by Crippen LogP contribution is -2.33. The molecule has 0 atom stereocenters. The average molecular weight is 511 g/mol. The van der Waals surface area contributed by atoms with Gasteiger partial charge < -0.3 is 24.4 Å². The fourth-order valence-electron chi connectivity index (χ4n) is 4.47. The Morgan fingerprint density at radius 2 is 1.84 bits per heavy atom. The quantitative estimate of drug-likeness (QED) is 0.330. The zero-order valence-electron chi connectivity index (χ0n) is 21.8. The van der Waals surface area contributed by atoms with Gasteiger partial charge in [0.25, 0.3) is 0 Å². The van der Waals surface area contributed by atoms with E-state index < -0.39 is 0 Å². The highest BCUT2D eigenvalue weighted by molar-refractivity contribution is 5.89. The van der Waals surface area contributed by atoms with E-state index in [1.165, 1.54) is 0 Å². The molecule has 5 rings (SSSR count). The molecule has 0 unspecified atom stereocenters. The largest absolute Gasteiger partial charge is 0.493 e. The number of fused-ring (bicyclic) bond motifs is 1. The lowest BCUT2D eigenvalue weighted by Gasteiger charge is -2.31. The number of ether oxygens (including phenoxy) is 3. The van der Waals surface area contributed by atoms with Crippen molar-refractivity contribution in [3.8, 4) is 23.4 Å². The fraction of sp³-hybridized carbons (Fsp3) is 0.310. The third-order valence-electron chi connectivity index (χ3n) is 6.77. The lowest BCUT2D eigenvalue weighted by molar-refractivity contribution is 0.284. The zero-order chi connectivity index (χ0) is 26.5. The Morgan fingerprint density at radius 3 is 2.55 bits per heavy atom. The fourth-order valence-corrected chi connectivity index (χ4v) is 4.47. The summed E-state index contributed by atoms with van der Waals surface area (Å²) in [5.74, 6) is 3.25. The van der Waals surface area contributed by atoms with Gasteiger partial charge in [-0.25, -0.2) is 9.97 Å². The van der Waals surface area contributed by atoms with Crippen molar-refractivity contribution in [1.29, 1.82) is 5.26 Å². The summed E-state index contributed by atoms with van der Waals surface area (Å²) < 4.78 is 16.6. The summed E-state index contributed by atoms with van der Waals surface area (Å²) >= 11 is 0. The summed E-state index contributed by atoms with van der Waals surface area (Å²) in [6.07, 6.45) is 5.78. The van der Waals surface area contributed by atoms with Gasteiger partial charge in [0.1, 0.15) is 29.6 Å². The van der Waals surface area contributed by atoms with Gasteiger partial charge in [-0.2, -0.15) is 5.26 Å². The topological polar surface area (TPSA) is 105 Å². The number of rotatable bonds is 8. The number of hydrogen-bond acceptors (Lipinski definition) is 9. The van der Waals surface area contributed by atoms with Crippen LogP contribution < -0.4 is 24.4 Å². The van der Waals surface area contributed by atoms with E-state index >= 15 is 0 Å². The van der Waals surface area contributed by atoms with Crippen molar-refractivity contribution in [2.75, 3.05) is 37.5 Å². The summed E-state index contributed by atoms with van der Waals surface area (Å²) in [6.45, 7) is 4.51. The predicted octanol–water partition coefficient (Wildman–Crippen LogP) is 5.47. The number of nitrogens with zero attached hydrogens (tertiary/aromatic N) is 5. The second-order valence-corrected chi connectivity index (χ2v) is 9.35. The monoisotopic (exact) mass is 510 g/mol. The van der Waals surface area contributed by atoms with Crippen LogP contribution >= 0.6 is 0 Å². The number of nitrogens with one attached hydrogen (secondary N) is 1. The molecule has 0 bridgehead atoms. The summed E-state index contributed by atoms with van der Waals surface area (Å²) in [6, 6.07) is 15.3. The first kappa shape index (κ1) is 25.1. The number of nitriles is 1. The molecule has 9 heteroatoms. The molecule has 4 aromatic rings. The number of aromatic nitrogens is 3. The molecule has 194 valence electrons. The Kier molecular flexibility index (Phi) is 7.40. The Hall–Kier alpha value is -4.58. The van der Waals surface area contributed by atoms with Crippen LogP contribution in [0, 0.1) is 17.2 Å². The molecule has 0 saturated carbocycles. The molecular weight excluding hydrogens is 480 g/mol. The van der Waals surface area contributed by atoms with Crippen molar-refractivity contribution in [3.05, 3.63) is 66.0 Å². The van der Waals surface area contributed by atoms with Gasteiger partial charge >= 0.3 is 0 Å². The molecule has 1 aliphatic rings. The lowest BCUT2D eigenvalue weighted by atomic mass is 9.99. The van der Waals surface area contributed by atoms with Gasteiger partial charge in [-0.05, 0) is 49.1 Å². The van der Waals surface area contributed by atoms with E-state index in [1.54, 1.807) is 32.7 Å². The van der Waals surface area contributed by atoms with E-state index in [2.05, 4.69) is 33.2 Å². The van der Waals surface area contributed by atoms with Crippen LogP contribution in [-0.4, -0.2) is 42.3 Å². The minimum Gasteiger partial charge on any atom is -0.493 e. The molecule has 3 heterocycles. The van der Waals surface area contributed by atoms with Crippen LogP contribution in [0.4, 0.5) is 17.2 Å². The number of hydrogen-bond donors (Lipinski definition) is 1. The number of methoxy groups -OCH3 is 2. The van der Waals surface area contributed by atoms with Gasteiger partial charge in [0.2, 0.25) is 5.88 Å². The summed E-state index contributed by atoms with van der Waals surface area (Å²) in [4.78, 5) is 15.9. The molecule has 0 amide bonds. The van der Waals surface area contributed by atoms with E-state index in [4.69, 9.17) is 19.2 Å². The van der Waals surface area contributed by atoms with Crippen molar-refractivity contribution in [1.82, 2.24) is 15.0 Å². The first-order valence-electron chi connectivity index (χ1n) is 12.6. The van der Waals surface area contributed by atoms with Crippen LogP contribution in [0.5, 0.6) is 17.4 Å². The van der Waals surface area contributed by atoms with Crippen molar-refractivity contribution < 1.29 is 14.2 Å². The molecule has 0 radical (unpaired) electrons. The molecule has 9 nitrogen and oxygen atoms in total. The number of piperidine rings is 1. The van der Waals surface area contributed by atoms with Crippen LogP contribution in [0.3, 0.4) is 0 Å². The molecule has 2 aromatic carbocycles. The normalized spacial score (nSPS) is 13.7. The van der Waals surface area contributed by atoms with Crippen LogP contribution in [0.15, 0.2) is 54.9 Å². The minimum absolute atomic E-state index is 0.334. The van der Waals surface area contributed by atoms with E-state index in [0.717, 1.165) is 48.9 Å². The molecule has 1 saturated heterocycles. The Balaban J connectivity index is 1.36. The highest BCUT2D eigenvalue weighted by atomic mass is 16.5. The van der Waals surface area contributed by atoms with Gasteiger partial charge in [0.15, 0.2) is 11.5 Å². The zero-order valence-corrected chi connectivity index (χ0v) is 21.8. The van der Waals surface area contributed by atoms with Crippen LogP contribution in [0.25, 0.3) is 11.0 Å². The van der Waals surface area contributed by atoms with Crippen LogP contribution in [-0.2, 0) is 6.61 Å². The number of pyridine rings is 1. The molecule has 1 aliphatic heterocycles. The molecule has 38 heavy (non-hydrogen) atoms. The van der Waals surface area contributed by atoms with Gasteiger partial charge in [0.05, 0.1) is 31.6 Å². The molecule has 1 fully saturated rings. The van der Waals surface area contributed by atoms with Crippen molar-refractivity contribution in [3.63, 3.8) is 0 Å². The third kappa shape index (κ3) is 5.39. The maximum Gasteiger partial charge on any atom is 0.212 e. The van der Waals surface area contributed by atoms with Gasteiger partial charge in [0, 0.05) is 42.7 Å². The van der Waals surface area contributed by atoms with E-state index in [9.17, 15) is 5.26 Å². The molecular formula is C29H30N6O3. The van der Waals surface area contributed by atoms with Crippen molar-refractivity contribution in [2.45, 2.75) is 26.4 Å². The van der Waals surface area contributed by atoms with E-state index in [0.29, 0.717) is 46.3 Å². The Bertz CT molecular complexity index is 1460. The minimum atomic E-state index is 0.334. The summed E-state index contributed by atoms with van der Waals surface area (Å²) in [5.41, 5.74) is 4.05. The third-order valence-corrected chi connectivity index (χ3v) is 6.77. The number of benzene rings is 2. The second kappa shape index (κ2) is 11.2. The highest BCUT2D eigenvalue weighted by Gasteiger charge is 2.19. The van der Waals surface area contributed by atoms with Crippen LogP contribution in [0.1, 0.15) is 30.9 Å². The van der Waals surface area contributed by atoms with Gasteiger partial charge in [-0.15, -0.1) is 0 Å². The maximum atomic E-state index is 10.1. The molecule has 0 spiro atoms. The standard InChI is InChI=1S/C29H30N6O3/c1-19-10-12-35(13-11-19)27-17-31-24-7-6-23(22(15-30)29(24)34-27)33-21-5-8-25(26(14-21)36-2)38-18-20-4-9-28(37-3)32-16-20/h4-9,14,16-17,19,33H,10-13,18H2,1-3H3. The van der Waals surface area contributed by atoms with E-state index in [1.807, 2.05) is 36.4 Å². The second-order valence-electron chi connectivity index (χ2n) is 9.35. The maximum absolute atomic E-state index is 10.1. The highest BCUT2D eigenvalue weighted by Crippen LogP contribution is 2.34.